The molecule has 0 saturated heterocycles. The first-order valence-electron chi connectivity index (χ1n) is 6.48. The van der Waals surface area contributed by atoms with Crippen molar-refractivity contribution in [3.63, 3.8) is 0 Å². The highest BCUT2D eigenvalue weighted by Crippen LogP contribution is 2.13. The highest BCUT2D eigenvalue weighted by atomic mass is 35.5. The summed E-state index contributed by atoms with van der Waals surface area (Å²) in [5.74, 6) is -0.250. The van der Waals surface area contributed by atoms with Crippen LogP contribution in [-0.4, -0.2) is 13.0 Å². The third-order valence-electron chi connectivity index (χ3n) is 3.11. The summed E-state index contributed by atoms with van der Waals surface area (Å²) in [6.45, 7) is 1.71. The van der Waals surface area contributed by atoms with Crippen molar-refractivity contribution in [2.75, 3.05) is 4.72 Å². The average Bonchev–Trinajstić information content (AvgIpc) is 2.45. The van der Waals surface area contributed by atoms with Crippen molar-refractivity contribution in [1.29, 1.82) is 0 Å². The van der Waals surface area contributed by atoms with Gasteiger partial charge in [-0.2, -0.15) is 0 Å². The van der Waals surface area contributed by atoms with Crippen molar-refractivity contribution >= 4 is 27.3 Å². The van der Waals surface area contributed by atoms with Crippen LogP contribution >= 0.6 is 11.6 Å². The molecule has 0 spiro atoms. The molecule has 0 aliphatic carbocycles. The van der Waals surface area contributed by atoms with Gasteiger partial charge >= 0.3 is 0 Å². The van der Waals surface area contributed by atoms with E-state index in [1.165, 1.54) is 10.6 Å². The van der Waals surface area contributed by atoms with Crippen LogP contribution in [0.4, 0.5) is 5.69 Å². The third kappa shape index (κ3) is 3.88. The summed E-state index contributed by atoms with van der Waals surface area (Å²) in [6, 6.07) is 9.53. The summed E-state index contributed by atoms with van der Waals surface area (Å²) in [7, 11) is -3.71. The van der Waals surface area contributed by atoms with E-state index in [4.69, 9.17) is 17.3 Å². The third-order valence-corrected chi connectivity index (χ3v) is 4.61. The van der Waals surface area contributed by atoms with Crippen LogP contribution in [0.3, 0.4) is 0 Å². The van der Waals surface area contributed by atoms with Crippen molar-refractivity contribution in [3.05, 3.63) is 63.0 Å². The number of halogens is 1. The molecule has 0 amide bonds. The summed E-state index contributed by atoms with van der Waals surface area (Å²) >= 11 is 5.76. The molecular formula is C14H16ClN3O3S. The second-order valence-corrected chi connectivity index (χ2v) is 6.95. The highest BCUT2D eigenvalue weighted by Gasteiger charge is 2.15. The molecule has 3 N–H and O–H groups in total. The first kappa shape index (κ1) is 16.5. The van der Waals surface area contributed by atoms with Crippen molar-refractivity contribution in [2.45, 2.75) is 19.3 Å². The van der Waals surface area contributed by atoms with E-state index < -0.39 is 15.6 Å². The lowest BCUT2D eigenvalue weighted by molar-refractivity contribution is 0.600. The van der Waals surface area contributed by atoms with Crippen molar-refractivity contribution < 1.29 is 8.42 Å². The lowest BCUT2D eigenvalue weighted by Gasteiger charge is -2.11. The quantitative estimate of drug-likeness (QED) is 0.864. The molecule has 22 heavy (non-hydrogen) atoms. The Balaban J connectivity index is 2.26. The Hall–Kier alpha value is -1.83. The molecular weight excluding hydrogens is 326 g/mol. The molecule has 0 radical (unpaired) electrons. The van der Waals surface area contributed by atoms with Crippen LogP contribution in [-0.2, 0) is 22.4 Å². The summed E-state index contributed by atoms with van der Waals surface area (Å²) in [4.78, 5) is 12.1. The number of benzene rings is 1. The molecule has 0 saturated carbocycles. The second kappa shape index (κ2) is 6.51. The van der Waals surface area contributed by atoms with Gasteiger partial charge in [0.2, 0.25) is 10.0 Å². The predicted molar refractivity (Wildman–Crippen MR) is 87.3 cm³/mol. The molecule has 8 heteroatoms. The topological polar surface area (TPSA) is 94.2 Å². The predicted octanol–water partition coefficient (Wildman–Crippen LogP) is 1.67. The highest BCUT2D eigenvalue weighted by molar-refractivity contribution is 7.91. The number of aryl methyl sites for hydroxylation is 1. The van der Waals surface area contributed by atoms with Gasteiger partial charge in [-0.25, -0.2) is 8.42 Å². The van der Waals surface area contributed by atoms with Crippen LogP contribution < -0.4 is 16.0 Å². The maximum Gasteiger partial charge on any atom is 0.276 e. The molecule has 2 rings (SSSR count). The molecule has 0 atom stereocenters. The summed E-state index contributed by atoms with van der Waals surface area (Å²) in [6.07, 6.45) is 0. The van der Waals surface area contributed by atoms with E-state index >= 15 is 0 Å². The second-order valence-electron chi connectivity index (χ2n) is 4.79. The normalized spacial score (nSPS) is 11.4. The fraction of sp³-hybridized carbons (Fsp3) is 0.214. The Kier molecular flexibility index (Phi) is 4.90. The summed E-state index contributed by atoms with van der Waals surface area (Å²) in [5.41, 5.74) is 6.23. The van der Waals surface area contributed by atoms with Crippen LogP contribution in [0, 0.1) is 6.92 Å². The van der Waals surface area contributed by atoms with Gasteiger partial charge in [-0.3, -0.25) is 14.1 Å². The molecule has 118 valence electrons. The lowest BCUT2D eigenvalue weighted by Crippen LogP contribution is -2.30. The number of aromatic nitrogens is 1. The van der Waals surface area contributed by atoms with E-state index in [0.717, 1.165) is 0 Å². The standard InChI is InChI=1S/C14H16ClN3O3S/c1-10-2-7-13(14(19)18(10)9-16)17-22(20,21)8-11-3-5-12(15)6-4-11/h2-7,17H,8-9,16H2,1H3. The number of nitrogens with zero attached hydrogens (tertiary/aromatic N) is 1. The fourth-order valence-electron chi connectivity index (χ4n) is 1.98. The molecule has 0 fully saturated rings. The maximum atomic E-state index is 12.2. The van der Waals surface area contributed by atoms with Gasteiger partial charge in [0.05, 0.1) is 12.4 Å². The molecule has 1 heterocycles. The van der Waals surface area contributed by atoms with E-state index in [9.17, 15) is 13.2 Å². The van der Waals surface area contributed by atoms with Crippen LogP contribution in [0.15, 0.2) is 41.2 Å². The van der Waals surface area contributed by atoms with E-state index in [-0.39, 0.29) is 18.1 Å². The number of pyridine rings is 1. The van der Waals surface area contributed by atoms with Crippen molar-refractivity contribution in [2.24, 2.45) is 5.73 Å². The van der Waals surface area contributed by atoms with Gasteiger partial charge < -0.3 is 5.73 Å². The zero-order valence-corrected chi connectivity index (χ0v) is 13.5. The maximum absolute atomic E-state index is 12.2. The minimum atomic E-state index is -3.71. The number of sulfonamides is 1. The molecule has 2 aromatic rings. The van der Waals surface area contributed by atoms with Gasteiger partial charge in [0, 0.05) is 10.7 Å². The summed E-state index contributed by atoms with van der Waals surface area (Å²) in [5, 5.41) is 0.526. The van der Waals surface area contributed by atoms with Crippen LogP contribution in [0.2, 0.25) is 5.02 Å². The zero-order valence-electron chi connectivity index (χ0n) is 11.9. The Morgan fingerprint density at radius 1 is 1.18 bits per heavy atom. The minimum Gasteiger partial charge on any atom is -0.313 e. The number of anilines is 1. The van der Waals surface area contributed by atoms with Crippen molar-refractivity contribution in [1.82, 2.24) is 4.57 Å². The van der Waals surface area contributed by atoms with E-state index in [2.05, 4.69) is 4.72 Å². The average molecular weight is 342 g/mol. The van der Waals surface area contributed by atoms with Gasteiger partial charge in [-0.05, 0) is 36.8 Å². The number of hydrogen-bond donors (Lipinski definition) is 2. The van der Waals surface area contributed by atoms with Gasteiger partial charge in [0.25, 0.3) is 5.56 Å². The lowest BCUT2D eigenvalue weighted by atomic mass is 10.2. The van der Waals surface area contributed by atoms with Gasteiger partial charge in [-0.1, -0.05) is 23.7 Å². The van der Waals surface area contributed by atoms with Crippen LogP contribution in [0.5, 0.6) is 0 Å². The molecule has 6 nitrogen and oxygen atoms in total. The Morgan fingerprint density at radius 3 is 2.41 bits per heavy atom. The van der Waals surface area contributed by atoms with E-state index in [1.807, 2.05) is 0 Å². The molecule has 1 aromatic carbocycles. The molecule has 0 aliphatic rings. The van der Waals surface area contributed by atoms with Crippen LogP contribution in [0.1, 0.15) is 11.3 Å². The molecule has 0 unspecified atom stereocenters. The largest absolute Gasteiger partial charge is 0.313 e. The van der Waals surface area contributed by atoms with Crippen molar-refractivity contribution in [3.8, 4) is 0 Å². The number of nitrogens with one attached hydrogen (secondary N) is 1. The monoisotopic (exact) mass is 341 g/mol. The molecule has 0 bridgehead atoms. The minimum absolute atomic E-state index is 0.0164. The van der Waals surface area contributed by atoms with E-state index in [0.29, 0.717) is 16.3 Å². The fourth-order valence-corrected chi connectivity index (χ4v) is 3.30. The Morgan fingerprint density at radius 2 is 1.82 bits per heavy atom. The SMILES string of the molecule is Cc1ccc(NS(=O)(=O)Cc2ccc(Cl)cc2)c(=O)n1CN. The zero-order chi connectivity index (χ0) is 16.3. The Labute approximate surface area is 133 Å². The first-order valence-corrected chi connectivity index (χ1v) is 8.51. The van der Waals surface area contributed by atoms with Gasteiger partial charge in [0.15, 0.2) is 0 Å². The molecule has 0 aliphatic heterocycles. The number of rotatable bonds is 5. The number of nitrogens with two attached hydrogens (primary N) is 1. The smallest absolute Gasteiger partial charge is 0.276 e. The first-order chi connectivity index (χ1) is 10.3. The summed E-state index contributed by atoms with van der Waals surface area (Å²) < 4.78 is 27.9. The van der Waals surface area contributed by atoms with E-state index in [1.54, 1.807) is 37.3 Å². The molecule has 1 aromatic heterocycles. The van der Waals surface area contributed by atoms with Gasteiger partial charge in [-0.15, -0.1) is 0 Å². The van der Waals surface area contributed by atoms with Crippen LogP contribution in [0.25, 0.3) is 0 Å². The number of hydrogen-bond acceptors (Lipinski definition) is 4. The Bertz CT molecular complexity index is 829. The van der Waals surface area contributed by atoms with Gasteiger partial charge in [0.1, 0.15) is 5.69 Å².